The monoisotopic (exact) mass is 183 g/mol. The van der Waals surface area contributed by atoms with Crippen molar-refractivity contribution in [3.8, 4) is 6.07 Å². The molecule has 0 aliphatic rings. The van der Waals surface area contributed by atoms with E-state index in [0.29, 0.717) is 12.5 Å². The normalized spacial score (nSPS) is 12.8. The summed E-state index contributed by atoms with van der Waals surface area (Å²) in [5.74, 6) is 0. The first-order chi connectivity index (χ1) is 6.20. The molecule has 76 valence electrons. The highest BCUT2D eigenvalue weighted by molar-refractivity contribution is 4.79. The maximum atomic E-state index is 8.51. The molecule has 3 nitrogen and oxygen atoms in total. The second-order valence-electron chi connectivity index (χ2n) is 3.58. The van der Waals surface area contributed by atoms with Gasteiger partial charge in [0.2, 0.25) is 0 Å². The number of hydrogen-bond donors (Lipinski definition) is 1. The Bertz CT molecular complexity index is 149. The van der Waals surface area contributed by atoms with Gasteiger partial charge in [-0.1, -0.05) is 6.92 Å². The third-order valence-corrected chi connectivity index (χ3v) is 2.05. The summed E-state index contributed by atoms with van der Waals surface area (Å²) in [7, 11) is 4.15. The quantitative estimate of drug-likeness (QED) is 0.603. The molecule has 0 rings (SSSR count). The van der Waals surface area contributed by atoms with Gasteiger partial charge in [0.15, 0.2) is 0 Å². The van der Waals surface area contributed by atoms with Crippen molar-refractivity contribution in [3.63, 3.8) is 0 Å². The SMILES string of the molecule is CCC(CC#N)NCCCN(C)C. The Hall–Kier alpha value is -0.590. The lowest BCUT2D eigenvalue weighted by atomic mass is 10.1. The van der Waals surface area contributed by atoms with E-state index < -0.39 is 0 Å². The van der Waals surface area contributed by atoms with Crippen LogP contribution in [-0.2, 0) is 0 Å². The average Bonchev–Trinajstić information content (AvgIpc) is 2.10. The summed E-state index contributed by atoms with van der Waals surface area (Å²) in [6.45, 7) is 4.23. The predicted molar refractivity (Wildman–Crippen MR) is 55.5 cm³/mol. The number of nitrogens with zero attached hydrogens (tertiary/aromatic N) is 2. The molecule has 0 fully saturated rings. The largest absolute Gasteiger partial charge is 0.313 e. The van der Waals surface area contributed by atoms with Gasteiger partial charge in [0.1, 0.15) is 0 Å². The van der Waals surface area contributed by atoms with Crippen molar-refractivity contribution in [2.75, 3.05) is 27.2 Å². The van der Waals surface area contributed by atoms with Crippen LogP contribution in [0.4, 0.5) is 0 Å². The van der Waals surface area contributed by atoms with Crippen LogP contribution in [0.5, 0.6) is 0 Å². The summed E-state index contributed by atoms with van der Waals surface area (Å²) in [5.41, 5.74) is 0. The van der Waals surface area contributed by atoms with Crippen molar-refractivity contribution in [1.82, 2.24) is 10.2 Å². The van der Waals surface area contributed by atoms with E-state index in [1.165, 1.54) is 0 Å². The Morgan fingerprint density at radius 1 is 1.46 bits per heavy atom. The third-order valence-electron chi connectivity index (χ3n) is 2.05. The van der Waals surface area contributed by atoms with Gasteiger partial charge in [-0.05, 0) is 40.0 Å². The van der Waals surface area contributed by atoms with E-state index in [9.17, 15) is 0 Å². The zero-order valence-corrected chi connectivity index (χ0v) is 9.01. The van der Waals surface area contributed by atoms with Crippen molar-refractivity contribution in [1.29, 1.82) is 5.26 Å². The van der Waals surface area contributed by atoms with Gasteiger partial charge >= 0.3 is 0 Å². The molecule has 0 aromatic carbocycles. The zero-order valence-electron chi connectivity index (χ0n) is 9.01. The summed E-state index contributed by atoms with van der Waals surface area (Å²) in [5, 5.41) is 11.9. The number of hydrogen-bond acceptors (Lipinski definition) is 3. The van der Waals surface area contributed by atoms with Crippen molar-refractivity contribution in [2.24, 2.45) is 0 Å². The molecule has 0 aliphatic heterocycles. The Labute approximate surface area is 81.7 Å². The predicted octanol–water partition coefficient (Wildman–Crippen LogP) is 1.22. The van der Waals surface area contributed by atoms with E-state index >= 15 is 0 Å². The first kappa shape index (κ1) is 12.4. The van der Waals surface area contributed by atoms with E-state index in [4.69, 9.17) is 5.26 Å². The molecule has 0 aliphatic carbocycles. The molecule has 1 atom stereocenters. The van der Waals surface area contributed by atoms with E-state index in [2.05, 4.69) is 37.3 Å². The fourth-order valence-electron chi connectivity index (χ4n) is 1.17. The highest BCUT2D eigenvalue weighted by Crippen LogP contribution is 1.95. The fourth-order valence-corrected chi connectivity index (χ4v) is 1.17. The van der Waals surface area contributed by atoms with Crippen molar-refractivity contribution in [2.45, 2.75) is 32.2 Å². The molecular weight excluding hydrogens is 162 g/mol. The van der Waals surface area contributed by atoms with Gasteiger partial charge in [-0.3, -0.25) is 0 Å². The van der Waals surface area contributed by atoms with E-state index in [1.54, 1.807) is 0 Å². The second-order valence-corrected chi connectivity index (χ2v) is 3.58. The molecule has 0 amide bonds. The topological polar surface area (TPSA) is 39.1 Å². The van der Waals surface area contributed by atoms with Crippen molar-refractivity contribution >= 4 is 0 Å². The summed E-state index contributed by atoms with van der Waals surface area (Å²) < 4.78 is 0. The maximum absolute atomic E-state index is 8.51. The van der Waals surface area contributed by atoms with Gasteiger partial charge < -0.3 is 10.2 Å². The number of nitriles is 1. The van der Waals surface area contributed by atoms with Gasteiger partial charge in [-0.2, -0.15) is 5.26 Å². The number of rotatable bonds is 7. The van der Waals surface area contributed by atoms with Crippen molar-refractivity contribution < 1.29 is 0 Å². The Morgan fingerprint density at radius 2 is 2.15 bits per heavy atom. The van der Waals surface area contributed by atoms with Crippen LogP contribution in [-0.4, -0.2) is 38.1 Å². The molecule has 0 heterocycles. The van der Waals surface area contributed by atoms with E-state index in [0.717, 1.165) is 25.9 Å². The lowest BCUT2D eigenvalue weighted by Crippen LogP contribution is -2.30. The Kier molecular flexibility index (Phi) is 7.66. The van der Waals surface area contributed by atoms with E-state index in [-0.39, 0.29) is 0 Å². The summed E-state index contributed by atoms with van der Waals surface area (Å²) in [6, 6.07) is 2.58. The van der Waals surface area contributed by atoms with Gasteiger partial charge in [0, 0.05) is 6.04 Å². The molecule has 1 unspecified atom stereocenters. The maximum Gasteiger partial charge on any atom is 0.0638 e. The smallest absolute Gasteiger partial charge is 0.0638 e. The van der Waals surface area contributed by atoms with Crippen LogP contribution in [0.1, 0.15) is 26.2 Å². The highest BCUT2D eigenvalue weighted by Gasteiger charge is 2.03. The minimum absolute atomic E-state index is 0.382. The fraction of sp³-hybridized carbons (Fsp3) is 0.900. The van der Waals surface area contributed by atoms with E-state index in [1.807, 2.05) is 0 Å². The summed E-state index contributed by atoms with van der Waals surface area (Å²) in [4.78, 5) is 2.17. The van der Waals surface area contributed by atoms with Gasteiger partial charge in [-0.15, -0.1) is 0 Å². The lowest BCUT2D eigenvalue weighted by Gasteiger charge is -2.14. The molecule has 1 N–H and O–H groups in total. The lowest BCUT2D eigenvalue weighted by molar-refractivity contribution is 0.384. The molecule has 0 radical (unpaired) electrons. The van der Waals surface area contributed by atoms with Crippen LogP contribution >= 0.6 is 0 Å². The van der Waals surface area contributed by atoms with Crippen LogP contribution in [0.25, 0.3) is 0 Å². The average molecular weight is 183 g/mol. The zero-order chi connectivity index (χ0) is 10.1. The van der Waals surface area contributed by atoms with Crippen LogP contribution < -0.4 is 5.32 Å². The minimum Gasteiger partial charge on any atom is -0.313 e. The molecule has 0 bridgehead atoms. The Balaban J connectivity index is 3.34. The third kappa shape index (κ3) is 7.76. The molecule has 0 saturated carbocycles. The summed E-state index contributed by atoms with van der Waals surface area (Å²) >= 11 is 0. The van der Waals surface area contributed by atoms with Gasteiger partial charge in [0.25, 0.3) is 0 Å². The second kappa shape index (κ2) is 8.03. The minimum atomic E-state index is 0.382. The van der Waals surface area contributed by atoms with Gasteiger partial charge in [0.05, 0.1) is 12.5 Å². The van der Waals surface area contributed by atoms with Crippen LogP contribution in [0, 0.1) is 11.3 Å². The van der Waals surface area contributed by atoms with Crippen LogP contribution in [0.3, 0.4) is 0 Å². The van der Waals surface area contributed by atoms with Crippen LogP contribution in [0.15, 0.2) is 0 Å². The standard InChI is InChI=1S/C10H21N3/c1-4-10(6-7-11)12-8-5-9-13(2)3/h10,12H,4-6,8-9H2,1-3H3. The molecule has 3 heteroatoms. The molecule has 0 saturated heterocycles. The first-order valence-electron chi connectivity index (χ1n) is 4.95. The first-order valence-corrected chi connectivity index (χ1v) is 4.95. The molecule has 0 aromatic heterocycles. The number of nitrogens with one attached hydrogen (secondary N) is 1. The molecule has 0 aromatic rings. The van der Waals surface area contributed by atoms with Crippen molar-refractivity contribution in [3.05, 3.63) is 0 Å². The van der Waals surface area contributed by atoms with Gasteiger partial charge in [-0.25, -0.2) is 0 Å². The Morgan fingerprint density at radius 3 is 2.62 bits per heavy atom. The highest BCUT2D eigenvalue weighted by atomic mass is 15.1. The molecule has 0 spiro atoms. The van der Waals surface area contributed by atoms with Crippen LogP contribution in [0.2, 0.25) is 0 Å². The summed E-state index contributed by atoms with van der Waals surface area (Å²) in [6.07, 6.45) is 2.81. The molecular formula is C10H21N3. The molecule has 13 heavy (non-hydrogen) atoms.